The molecule has 0 radical (unpaired) electrons. The molecule has 0 amide bonds. The molecule has 186 valence electrons. The van der Waals surface area contributed by atoms with E-state index >= 15 is 0 Å². The van der Waals surface area contributed by atoms with Gasteiger partial charge in [0.25, 0.3) is 0 Å². The number of nitrogens with zero attached hydrogens (tertiary/aromatic N) is 3. The molecular weight excluding hydrogens is 430 g/mol. The number of rotatable bonds is 6. The van der Waals surface area contributed by atoms with E-state index in [2.05, 4.69) is 46.7 Å². The van der Waals surface area contributed by atoms with Gasteiger partial charge in [-0.15, -0.1) is 12.4 Å². The van der Waals surface area contributed by atoms with Crippen LogP contribution < -0.4 is 9.80 Å². The predicted molar refractivity (Wildman–Crippen MR) is 142 cm³/mol. The summed E-state index contributed by atoms with van der Waals surface area (Å²) >= 11 is 0. The Morgan fingerprint density at radius 3 is 2.30 bits per heavy atom. The summed E-state index contributed by atoms with van der Waals surface area (Å²) in [6, 6.07) is 7.45. The Morgan fingerprint density at radius 2 is 1.64 bits per heavy atom. The molecule has 0 bridgehead atoms. The number of ether oxygens (including phenoxy) is 1. The second-order valence-corrected chi connectivity index (χ2v) is 11.9. The van der Waals surface area contributed by atoms with E-state index in [1.165, 1.54) is 95.5 Å². The van der Waals surface area contributed by atoms with E-state index < -0.39 is 0 Å². The molecule has 2 heterocycles. The van der Waals surface area contributed by atoms with Crippen molar-refractivity contribution < 1.29 is 4.74 Å². The number of anilines is 2. The number of benzene rings is 1. The molecule has 4 nitrogen and oxygen atoms in total. The number of hydrogen-bond donors (Lipinski definition) is 0. The van der Waals surface area contributed by atoms with Crippen molar-refractivity contribution in [2.45, 2.75) is 77.2 Å². The molecule has 0 unspecified atom stereocenters. The van der Waals surface area contributed by atoms with Crippen molar-refractivity contribution in [2.75, 3.05) is 62.7 Å². The van der Waals surface area contributed by atoms with Crippen LogP contribution in [0, 0.1) is 11.3 Å². The van der Waals surface area contributed by atoms with E-state index in [9.17, 15) is 0 Å². The van der Waals surface area contributed by atoms with Gasteiger partial charge >= 0.3 is 0 Å². The Balaban J connectivity index is 0.00000259. The van der Waals surface area contributed by atoms with Crippen molar-refractivity contribution in [3.8, 4) is 0 Å². The van der Waals surface area contributed by atoms with Crippen molar-refractivity contribution in [1.82, 2.24) is 4.90 Å². The first-order valence-corrected chi connectivity index (χ1v) is 13.4. The Morgan fingerprint density at radius 1 is 0.909 bits per heavy atom. The van der Waals surface area contributed by atoms with Crippen molar-refractivity contribution in [3.05, 3.63) is 23.8 Å². The van der Waals surface area contributed by atoms with Gasteiger partial charge in [-0.25, -0.2) is 0 Å². The largest absolute Gasteiger partial charge is 0.380 e. The monoisotopic (exact) mass is 475 g/mol. The average Bonchev–Trinajstić information content (AvgIpc) is 3.63. The number of piperazine rings is 1. The van der Waals surface area contributed by atoms with Gasteiger partial charge in [0.2, 0.25) is 0 Å². The lowest BCUT2D eigenvalue weighted by molar-refractivity contribution is 0.0893. The minimum absolute atomic E-state index is 0. The predicted octanol–water partition coefficient (Wildman–Crippen LogP) is 5.94. The number of halogens is 1. The van der Waals surface area contributed by atoms with Crippen molar-refractivity contribution >= 4 is 23.8 Å². The third-order valence-electron chi connectivity index (χ3n) is 8.79. The second-order valence-electron chi connectivity index (χ2n) is 11.9. The molecule has 1 atom stereocenters. The molecule has 5 rings (SSSR count). The van der Waals surface area contributed by atoms with Gasteiger partial charge in [-0.2, -0.15) is 0 Å². The molecular formula is C28H46ClN3O. The number of piperidine rings is 1. The maximum absolute atomic E-state index is 5.72. The van der Waals surface area contributed by atoms with Crippen LogP contribution in [-0.4, -0.2) is 63.9 Å². The first-order valence-electron chi connectivity index (χ1n) is 13.4. The highest BCUT2D eigenvalue weighted by Gasteiger charge is 2.32. The maximum Gasteiger partial charge on any atom is 0.0746 e. The summed E-state index contributed by atoms with van der Waals surface area (Å²) in [6.45, 7) is 13.3. The SMILES string of the molecule is CO[C@H]1CCCN(c2ccc(N3CCN(CC4CC4)CC3)c(C3CCC(C)(C)CC3)c2)C1.Cl. The Labute approximate surface area is 208 Å². The number of hydrogen-bond acceptors (Lipinski definition) is 4. The van der Waals surface area contributed by atoms with Crippen molar-refractivity contribution in [2.24, 2.45) is 11.3 Å². The van der Waals surface area contributed by atoms with Crippen molar-refractivity contribution in [1.29, 1.82) is 0 Å². The van der Waals surface area contributed by atoms with Gasteiger partial charge in [0.1, 0.15) is 0 Å². The van der Waals surface area contributed by atoms with E-state index in [-0.39, 0.29) is 12.4 Å². The normalized spacial score (nSPS) is 26.8. The quantitative estimate of drug-likeness (QED) is 0.506. The molecule has 4 aliphatic rings. The lowest BCUT2D eigenvalue weighted by Gasteiger charge is -2.41. The summed E-state index contributed by atoms with van der Waals surface area (Å²) in [5.41, 5.74) is 5.10. The van der Waals surface area contributed by atoms with E-state index in [1.807, 2.05) is 7.11 Å². The first kappa shape index (κ1) is 25.1. The Kier molecular flexibility index (Phi) is 8.18. The molecule has 5 heteroatoms. The molecule has 0 spiro atoms. The standard InChI is InChI=1S/C28H45N3O.ClH/c1-28(2)12-10-23(11-13-28)26-19-24(31-14-4-5-25(21-31)32-3)8-9-27(26)30-17-15-29(16-18-30)20-22-6-7-22;/h8-9,19,22-23,25H,4-7,10-18,20-21H2,1-3H3;1H/t25-;/m0./s1. The molecule has 1 aromatic carbocycles. The van der Waals surface area contributed by atoms with Gasteiger partial charge in [0, 0.05) is 64.3 Å². The lowest BCUT2D eigenvalue weighted by Crippen LogP contribution is -2.47. The van der Waals surface area contributed by atoms with E-state index in [0.29, 0.717) is 17.4 Å². The van der Waals surface area contributed by atoms with Crippen LogP contribution in [0.3, 0.4) is 0 Å². The average molecular weight is 476 g/mol. The summed E-state index contributed by atoms with van der Waals surface area (Å²) in [5, 5.41) is 0. The zero-order chi connectivity index (χ0) is 22.1. The fourth-order valence-corrected chi connectivity index (χ4v) is 6.27. The maximum atomic E-state index is 5.72. The zero-order valence-corrected chi connectivity index (χ0v) is 22.0. The van der Waals surface area contributed by atoms with E-state index in [1.54, 1.807) is 5.56 Å². The van der Waals surface area contributed by atoms with Gasteiger partial charge in [-0.3, -0.25) is 4.90 Å². The minimum Gasteiger partial charge on any atom is -0.380 e. The van der Waals surface area contributed by atoms with Gasteiger partial charge < -0.3 is 14.5 Å². The first-order chi connectivity index (χ1) is 15.5. The smallest absolute Gasteiger partial charge is 0.0746 e. The second kappa shape index (κ2) is 10.7. The highest BCUT2D eigenvalue weighted by molar-refractivity contribution is 5.85. The van der Waals surface area contributed by atoms with Crippen LogP contribution >= 0.6 is 12.4 Å². The van der Waals surface area contributed by atoms with Crippen LogP contribution in [0.2, 0.25) is 0 Å². The van der Waals surface area contributed by atoms with Crippen LogP contribution in [0.1, 0.15) is 76.7 Å². The molecule has 2 saturated carbocycles. The molecule has 0 aromatic heterocycles. The fourth-order valence-electron chi connectivity index (χ4n) is 6.27. The summed E-state index contributed by atoms with van der Waals surface area (Å²) < 4.78 is 5.72. The van der Waals surface area contributed by atoms with Gasteiger partial charge in [-0.1, -0.05) is 13.8 Å². The van der Waals surface area contributed by atoms with Crippen LogP contribution in [0.25, 0.3) is 0 Å². The molecule has 0 N–H and O–H groups in total. The minimum atomic E-state index is 0. The molecule has 2 aliphatic carbocycles. The van der Waals surface area contributed by atoms with Crippen LogP contribution in [-0.2, 0) is 4.74 Å². The molecule has 33 heavy (non-hydrogen) atoms. The summed E-state index contributed by atoms with van der Waals surface area (Å²) in [6.07, 6.45) is 11.1. The molecule has 4 fully saturated rings. The Hall–Kier alpha value is -0.970. The van der Waals surface area contributed by atoms with Gasteiger partial charge in [-0.05, 0) is 92.4 Å². The van der Waals surface area contributed by atoms with Gasteiger partial charge in [0.05, 0.1) is 6.10 Å². The van der Waals surface area contributed by atoms with E-state index in [0.717, 1.165) is 19.0 Å². The van der Waals surface area contributed by atoms with Crippen LogP contribution in [0.5, 0.6) is 0 Å². The number of methoxy groups -OCH3 is 1. The Bertz CT molecular complexity index is 762. The summed E-state index contributed by atoms with van der Waals surface area (Å²) in [4.78, 5) is 7.99. The molecule has 2 aliphatic heterocycles. The fraction of sp³-hybridized carbons (Fsp3) is 0.786. The summed E-state index contributed by atoms with van der Waals surface area (Å²) in [7, 11) is 1.87. The van der Waals surface area contributed by atoms with E-state index in [4.69, 9.17) is 4.74 Å². The van der Waals surface area contributed by atoms with Crippen molar-refractivity contribution in [3.63, 3.8) is 0 Å². The summed E-state index contributed by atoms with van der Waals surface area (Å²) in [5.74, 6) is 1.72. The van der Waals surface area contributed by atoms with Crippen LogP contribution in [0.15, 0.2) is 18.2 Å². The highest BCUT2D eigenvalue weighted by atomic mass is 35.5. The highest BCUT2D eigenvalue weighted by Crippen LogP contribution is 2.46. The molecule has 1 aromatic rings. The zero-order valence-electron chi connectivity index (χ0n) is 21.2. The topological polar surface area (TPSA) is 19.0 Å². The third kappa shape index (κ3) is 6.18. The van der Waals surface area contributed by atoms with Gasteiger partial charge in [0.15, 0.2) is 0 Å². The molecule has 2 saturated heterocycles. The van der Waals surface area contributed by atoms with Crippen LogP contribution in [0.4, 0.5) is 11.4 Å². The lowest BCUT2D eigenvalue weighted by atomic mass is 9.71. The third-order valence-corrected chi connectivity index (χ3v) is 8.79.